The molecule has 0 aromatic heterocycles. The van der Waals surface area contributed by atoms with E-state index in [0.717, 1.165) is 23.1 Å². The van der Waals surface area contributed by atoms with Gasteiger partial charge in [0.2, 0.25) is 5.91 Å². The highest BCUT2D eigenvalue weighted by Crippen LogP contribution is 2.10. The van der Waals surface area contributed by atoms with E-state index in [1.54, 1.807) is 0 Å². The van der Waals surface area contributed by atoms with Crippen LogP contribution in [0, 0.1) is 5.92 Å². The van der Waals surface area contributed by atoms with E-state index in [-0.39, 0.29) is 11.8 Å². The van der Waals surface area contributed by atoms with E-state index in [1.807, 2.05) is 38.1 Å². The third-order valence-electron chi connectivity index (χ3n) is 2.53. The van der Waals surface area contributed by atoms with Gasteiger partial charge in [0.1, 0.15) is 0 Å². The fourth-order valence-electron chi connectivity index (χ4n) is 1.42. The molecule has 0 saturated heterocycles. The summed E-state index contributed by atoms with van der Waals surface area (Å²) in [6.45, 7) is 6.17. The monoisotopic (exact) mass is 298 g/mol. The van der Waals surface area contributed by atoms with Crippen molar-refractivity contribution < 1.29 is 4.79 Å². The minimum Gasteiger partial charge on any atom is -0.352 e. The zero-order valence-corrected chi connectivity index (χ0v) is 11.9. The van der Waals surface area contributed by atoms with Crippen LogP contribution in [-0.2, 0) is 11.3 Å². The minimum atomic E-state index is 0.00500. The average Bonchev–Trinajstić information content (AvgIpc) is 2.34. The summed E-state index contributed by atoms with van der Waals surface area (Å²) in [4.78, 5) is 11.7. The van der Waals surface area contributed by atoms with Crippen molar-refractivity contribution in [1.82, 2.24) is 10.6 Å². The summed E-state index contributed by atoms with van der Waals surface area (Å²) in [5, 5.41) is 6.10. The zero-order chi connectivity index (χ0) is 12.7. The van der Waals surface area contributed by atoms with E-state index < -0.39 is 0 Å². The van der Waals surface area contributed by atoms with E-state index in [9.17, 15) is 4.79 Å². The molecule has 1 rings (SSSR count). The Morgan fingerprint density at radius 3 is 2.59 bits per heavy atom. The summed E-state index contributed by atoms with van der Waals surface area (Å²) in [5.41, 5.74) is 1.11. The second-order valence-corrected chi connectivity index (χ2v) is 4.97. The molecule has 0 heterocycles. The number of benzene rings is 1. The van der Waals surface area contributed by atoms with Gasteiger partial charge in [0, 0.05) is 23.5 Å². The Hall–Kier alpha value is -0.870. The lowest BCUT2D eigenvalue weighted by atomic mass is 10.1. The second-order valence-electron chi connectivity index (χ2n) is 4.05. The molecule has 0 saturated carbocycles. The molecule has 17 heavy (non-hydrogen) atoms. The maximum absolute atomic E-state index is 11.7. The molecule has 2 N–H and O–H groups in total. The van der Waals surface area contributed by atoms with Gasteiger partial charge in [0.15, 0.2) is 0 Å². The van der Waals surface area contributed by atoms with Gasteiger partial charge in [0.05, 0.1) is 0 Å². The van der Waals surface area contributed by atoms with Crippen LogP contribution in [0.25, 0.3) is 0 Å². The highest BCUT2D eigenvalue weighted by atomic mass is 79.9. The second kappa shape index (κ2) is 7.45. The van der Waals surface area contributed by atoms with Crippen LogP contribution in [0.5, 0.6) is 0 Å². The summed E-state index contributed by atoms with van der Waals surface area (Å²) in [6.07, 6.45) is 0. The van der Waals surface area contributed by atoms with Crippen LogP contribution in [-0.4, -0.2) is 19.0 Å². The van der Waals surface area contributed by atoms with Crippen molar-refractivity contribution in [2.75, 3.05) is 13.1 Å². The number of hydrogen-bond donors (Lipinski definition) is 2. The van der Waals surface area contributed by atoms with Crippen molar-refractivity contribution in [3.63, 3.8) is 0 Å². The topological polar surface area (TPSA) is 41.1 Å². The van der Waals surface area contributed by atoms with Crippen LogP contribution >= 0.6 is 15.9 Å². The maximum Gasteiger partial charge on any atom is 0.224 e. The first-order chi connectivity index (χ1) is 8.13. The van der Waals surface area contributed by atoms with Gasteiger partial charge in [-0.2, -0.15) is 0 Å². The van der Waals surface area contributed by atoms with Gasteiger partial charge in [-0.25, -0.2) is 0 Å². The van der Waals surface area contributed by atoms with Gasteiger partial charge >= 0.3 is 0 Å². The Morgan fingerprint density at radius 1 is 1.35 bits per heavy atom. The van der Waals surface area contributed by atoms with Gasteiger partial charge < -0.3 is 10.6 Å². The number of carbonyl (C=O) groups is 1. The summed E-state index contributed by atoms with van der Waals surface area (Å²) in [6, 6.07) is 7.95. The molecule has 0 fully saturated rings. The molecule has 0 spiro atoms. The average molecular weight is 299 g/mol. The molecule has 0 aliphatic carbocycles. The largest absolute Gasteiger partial charge is 0.352 e. The molecule has 0 radical (unpaired) electrons. The highest BCUT2D eigenvalue weighted by Gasteiger charge is 2.11. The molecule has 94 valence electrons. The third-order valence-corrected chi connectivity index (χ3v) is 3.06. The molecule has 4 heteroatoms. The SMILES string of the molecule is CCNCC(C)C(=O)NCc1ccc(Br)cc1. The quantitative estimate of drug-likeness (QED) is 0.846. The smallest absolute Gasteiger partial charge is 0.224 e. The van der Waals surface area contributed by atoms with Gasteiger partial charge in [-0.3, -0.25) is 4.79 Å². The maximum atomic E-state index is 11.7. The van der Waals surface area contributed by atoms with E-state index in [0.29, 0.717) is 6.54 Å². The van der Waals surface area contributed by atoms with E-state index in [2.05, 4.69) is 26.6 Å². The summed E-state index contributed by atoms with van der Waals surface area (Å²) in [5.74, 6) is 0.0965. The predicted molar refractivity (Wildman–Crippen MR) is 73.7 cm³/mol. The summed E-state index contributed by atoms with van der Waals surface area (Å²) >= 11 is 3.38. The Morgan fingerprint density at radius 2 is 2.00 bits per heavy atom. The minimum absolute atomic E-state index is 0.00500. The molecule has 1 amide bonds. The molecule has 1 atom stereocenters. The van der Waals surface area contributed by atoms with E-state index >= 15 is 0 Å². The third kappa shape index (κ3) is 5.33. The zero-order valence-electron chi connectivity index (χ0n) is 10.3. The highest BCUT2D eigenvalue weighted by molar-refractivity contribution is 9.10. The van der Waals surface area contributed by atoms with Gasteiger partial charge in [-0.15, -0.1) is 0 Å². The first-order valence-electron chi connectivity index (χ1n) is 5.86. The number of carbonyl (C=O) groups excluding carboxylic acids is 1. The predicted octanol–water partition coefficient (Wildman–Crippen LogP) is 2.31. The van der Waals surface area contributed by atoms with Gasteiger partial charge in [0.25, 0.3) is 0 Å². The Kier molecular flexibility index (Phi) is 6.22. The van der Waals surface area contributed by atoms with Crippen LogP contribution in [0.1, 0.15) is 19.4 Å². The standard InChI is InChI=1S/C13H19BrN2O/c1-3-15-8-10(2)13(17)16-9-11-4-6-12(14)7-5-11/h4-7,10,15H,3,8-9H2,1-2H3,(H,16,17). The Balaban J connectivity index is 2.34. The van der Waals surface area contributed by atoms with Crippen molar-refractivity contribution in [2.24, 2.45) is 5.92 Å². The molecule has 1 aromatic carbocycles. The van der Waals surface area contributed by atoms with E-state index in [4.69, 9.17) is 0 Å². The lowest BCUT2D eigenvalue weighted by molar-refractivity contribution is -0.124. The molecule has 1 unspecified atom stereocenters. The van der Waals surface area contributed by atoms with Gasteiger partial charge in [-0.1, -0.05) is 41.9 Å². The van der Waals surface area contributed by atoms with Crippen LogP contribution in [0.3, 0.4) is 0 Å². The van der Waals surface area contributed by atoms with E-state index in [1.165, 1.54) is 0 Å². The van der Waals surface area contributed by atoms with Crippen molar-refractivity contribution >= 4 is 21.8 Å². The normalized spacial score (nSPS) is 12.2. The van der Waals surface area contributed by atoms with Crippen molar-refractivity contribution in [1.29, 1.82) is 0 Å². The molecule has 3 nitrogen and oxygen atoms in total. The molecular formula is C13H19BrN2O. The fraction of sp³-hybridized carbons (Fsp3) is 0.462. The number of amides is 1. The van der Waals surface area contributed by atoms with Crippen LogP contribution < -0.4 is 10.6 Å². The molecule has 0 bridgehead atoms. The lowest BCUT2D eigenvalue weighted by Crippen LogP contribution is -2.34. The number of nitrogens with one attached hydrogen (secondary N) is 2. The number of hydrogen-bond acceptors (Lipinski definition) is 2. The molecule has 0 aliphatic rings. The summed E-state index contributed by atoms with van der Waals surface area (Å²) < 4.78 is 1.05. The Labute approximate surface area is 111 Å². The van der Waals surface area contributed by atoms with Crippen molar-refractivity contribution in [3.05, 3.63) is 34.3 Å². The summed E-state index contributed by atoms with van der Waals surface area (Å²) in [7, 11) is 0. The first kappa shape index (κ1) is 14.2. The lowest BCUT2D eigenvalue weighted by Gasteiger charge is -2.12. The van der Waals surface area contributed by atoms with Crippen molar-refractivity contribution in [2.45, 2.75) is 20.4 Å². The number of halogens is 1. The van der Waals surface area contributed by atoms with Crippen LogP contribution in [0.2, 0.25) is 0 Å². The fourth-order valence-corrected chi connectivity index (χ4v) is 1.68. The molecule has 0 aliphatic heterocycles. The molecular weight excluding hydrogens is 280 g/mol. The van der Waals surface area contributed by atoms with Crippen LogP contribution in [0.4, 0.5) is 0 Å². The van der Waals surface area contributed by atoms with Crippen molar-refractivity contribution in [3.8, 4) is 0 Å². The first-order valence-corrected chi connectivity index (χ1v) is 6.65. The number of rotatable bonds is 6. The molecule has 1 aromatic rings. The van der Waals surface area contributed by atoms with Gasteiger partial charge in [-0.05, 0) is 24.2 Å². The Bertz CT molecular complexity index is 351. The van der Waals surface area contributed by atoms with Crippen LogP contribution in [0.15, 0.2) is 28.7 Å².